The van der Waals surface area contributed by atoms with Crippen molar-refractivity contribution in [1.82, 2.24) is 5.43 Å². The van der Waals surface area contributed by atoms with Crippen molar-refractivity contribution in [1.29, 1.82) is 0 Å². The summed E-state index contributed by atoms with van der Waals surface area (Å²) in [4.78, 5) is 0. The van der Waals surface area contributed by atoms with E-state index >= 15 is 0 Å². The quantitative estimate of drug-likeness (QED) is 0.493. The van der Waals surface area contributed by atoms with Crippen LogP contribution in [0.2, 0.25) is 0 Å². The number of alkyl halides is 3. The second kappa shape index (κ2) is 9.61. The van der Waals surface area contributed by atoms with Crippen molar-refractivity contribution in [3.8, 4) is 0 Å². The standard InChI is InChI=1S/C23H23BrClF3N2O2/c24-15-5-1-13(2-6-15)12-32-17-9-10-18(19(31)11-17)21-20(14-3-7-16(25)8-4-14)22(30-29-21)23(26,27)28/h1,3,5-11,13-14,18-21,29,31H,2,4,12H2. The van der Waals surface area contributed by atoms with Gasteiger partial charge in [0.05, 0.1) is 18.8 Å². The SMILES string of the molecule is OC1C=C(OCC2C=CC(Br)=CC2)C=CC1C1NN=C(C(F)(F)F)C1C1C=CC(Cl)=CC1. The number of rotatable bonds is 5. The minimum absolute atomic E-state index is 0.224. The summed E-state index contributed by atoms with van der Waals surface area (Å²) < 4.78 is 47.9. The second-order valence-electron chi connectivity index (χ2n) is 8.27. The molecule has 32 heavy (non-hydrogen) atoms. The Balaban J connectivity index is 1.44. The molecule has 1 aliphatic heterocycles. The van der Waals surface area contributed by atoms with Crippen LogP contribution in [0.1, 0.15) is 12.8 Å². The molecule has 6 unspecified atom stereocenters. The maximum atomic E-state index is 13.7. The van der Waals surface area contributed by atoms with E-state index in [1.807, 2.05) is 6.08 Å². The van der Waals surface area contributed by atoms with E-state index in [1.165, 1.54) is 0 Å². The van der Waals surface area contributed by atoms with E-state index in [4.69, 9.17) is 16.3 Å². The zero-order valence-corrected chi connectivity index (χ0v) is 19.3. The monoisotopic (exact) mass is 530 g/mol. The van der Waals surface area contributed by atoms with Gasteiger partial charge in [0.25, 0.3) is 0 Å². The lowest BCUT2D eigenvalue weighted by Crippen LogP contribution is -2.47. The molecule has 4 rings (SSSR count). The Kier molecular flexibility index (Phi) is 7.03. The van der Waals surface area contributed by atoms with Crippen LogP contribution < -0.4 is 5.43 Å². The van der Waals surface area contributed by atoms with Gasteiger partial charge in [-0.1, -0.05) is 64.0 Å². The molecule has 6 atom stereocenters. The maximum absolute atomic E-state index is 13.7. The minimum atomic E-state index is -4.56. The van der Waals surface area contributed by atoms with Crippen molar-refractivity contribution in [2.45, 2.75) is 31.2 Å². The Labute approximate surface area is 198 Å². The molecule has 0 amide bonds. The molecule has 1 heterocycles. The molecule has 2 N–H and O–H groups in total. The number of allylic oxidation sites excluding steroid dienone is 8. The molecule has 0 saturated carbocycles. The third kappa shape index (κ3) is 5.24. The average molecular weight is 532 g/mol. The van der Waals surface area contributed by atoms with Crippen molar-refractivity contribution in [3.63, 3.8) is 0 Å². The Morgan fingerprint density at radius 3 is 2.59 bits per heavy atom. The first-order valence-electron chi connectivity index (χ1n) is 10.4. The Hall–Kier alpha value is -1.77. The van der Waals surface area contributed by atoms with Gasteiger partial charge in [0.2, 0.25) is 0 Å². The zero-order valence-electron chi connectivity index (χ0n) is 17.0. The van der Waals surface area contributed by atoms with Crippen LogP contribution in [-0.2, 0) is 4.74 Å². The number of hydrogen-bond acceptors (Lipinski definition) is 4. The van der Waals surface area contributed by atoms with E-state index in [1.54, 1.807) is 36.5 Å². The number of ether oxygens (including phenoxy) is 1. The number of aliphatic hydroxyl groups excluding tert-OH is 1. The van der Waals surface area contributed by atoms with Gasteiger partial charge in [-0.25, -0.2) is 0 Å². The van der Waals surface area contributed by atoms with E-state index < -0.39 is 41.8 Å². The summed E-state index contributed by atoms with van der Waals surface area (Å²) in [7, 11) is 0. The van der Waals surface area contributed by atoms with Gasteiger partial charge in [-0.15, -0.1) is 0 Å². The Bertz CT molecular complexity index is 951. The molecule has 4 nitrogen and oxygen atoms in total. The third-order valence-corrected chi connectivity index (χ3v) is 6.98. The van der Waals surface area contributed by atoms with Gasteiger partial charge in [-0.05, 0) is 37.0 Å². The fourth-order valence-electron chi connectivity index (χ4n) is 4.44. The molecule has 0 saturated heterocycles. The predicted octanol–water partition coefficient (Wildman–Crippen LogP) is 5.49. The van der Waals surface area contributed by atoms with Crippen LogP contribution in [0.15, 0.2) is 75.1 Å². The molecule has 4 aliphatic rings. The lowest BCUT2D eigenvalue weighted by molar-refractivity contribution is -0.0636. The Morgan fingerprint density at radius 2 is 1.97 bits per heavy atom. The van der Waals surface area contributed by atoms with Gasteiger partial charge in [0, 0.05) is 27.3 Å². The molecule has 0 radical (unpaired) electrons. The fourth-order valence-corrected chi connectivity index (χ4v) is 4.94. The molecule has 9 heteroatoms. The van der Waals surface area contributed by atoms with E-state index in [9.17, 15) is 18.3 Å². The van der Waals surface area contributed by atoms with E-state index in [-0.39, 0.29) is 5.92 Å². The van der Waals surface area contributed by atoms with Crippen molar-refractivity contribution < 1.29 is 23.0 Å². The molecule has 0 aromatic heterocycles. The van der Waals surface area contributed by atoms with Crippen LogP contribution in [0.25, 0.3) is 0 Å². The van der Waals surface area contributed by atoms with Crippen LogP contribution >= 0.6 is 27.5 Å². The van der Waals surface area contributed by atoms with Gasteiger partial charge < -0.3 is 15.3 Å². The first-order valence-corrected chi connectivity index (χ1v) is 11.6. The molecule has 0 fully saturated rings. The Morgan fingerprint density at radius 1 is 1.16 bits per heavy atom. The normalized spacial score (nSPS) is 34.4. The fraction of sp³-hybridized carbons (Fsp3) is 0.435. The summed E-state index contributed by atoms with van der Waals surface area (Å²) in [5, 5.41) is 14.9. The van der Waals surface area contributed by atoms with E-state index in [0.29, 0.717) is 23.8 Å². The number of nitrogens with zero attached hydrogens (tertiary/aromatic N) is 1. The summed E-state index contributed by atoms with van der Waals surface area (Å²) in [5.41, 5.74) is 1.81. The highest BCUT2D eigenvalue weighted by atomic mass is 79.9. The third-order valence-electron chi connectivity index (χ3n) is 6.11. The van der Waals surface area contributed by atoms with Crippen molar-refractivity contribution in [2.75, 3.05) is 6.61 Å². The van der Waals surface area contributed by atoms with Gasteiger partial charge in [-0.2, -0.15) is 18.3 Å². The molecule has 172 valence electrons. The smallest absolute Gasteiger partial charge is 0.431 e. The average Bonchev–Trinajstić information content (AvgIpc) is 3.19. The zero-order chi connectivity index (χ0) is 22.9. The topological polar surface area (TPSA) is 53.9 Å². The van der Waals surface area contributed by atoms with Crippen molar-refractivity contribution in [2.24, 2.45) is 28.8 Å². The molecule has 3 aliphatic carbocycles. The molecule has 0 aromatic carbocycles. The highest BCUT2D eigenvalue weighted by Gasteiger charge is 2.52. The number of hydrazone groups is 1. The van der Waals surface area contributed by atoms with Gasteiger partial charge in [0.15, 0.2) is 0 Å². The first-order chi connectivity index (χ1) is 15.2. The van der Waals surface area contributed by atoms with Crippen LogP contribution in [0.5, 0.6) is 0 Å². The summed E-state index contributed by atoms with van der Waals surface area (Å²) in [6.07, 6.45) is 11.8. The summed E-state index contributed by atoms with van der Waals surface area (Å²) >= 11 is 9.38. The number of nitrogens with one attached hydrogen (secondary N) is 1. The lowest BCUT2D eigenvalue weighted by atomic mass is 9.73. The second-order valence-corrected chi connectivity index (χ2v) is 9.63. The minimum Gasteiger partial charge on any atom is -0.493 e. The molecular weight excluding hydrogens is 509 g/mol. The number of aliphatic hydroxyl groups is 1. The number of halogens is 5. The number of hydrogen-bond donors (Lipinski definition) is 2. The van der Waals surface area contributed by atoms with Crippen LogP contribution in [0, 0.1) is 23.7 Å². The lowest BCUT2D eigenvalue weighted by Gasteiger charge is -2.34. The van der Waals surface area contributed by atoms with Crippen LogP contribution in [-0.4, -0.2) is 35.7 Å². The largest absolute Gasteiger partial charge is 0.493 e. The maximum Gasteiger partial charge on any atom is 0.431 e. The summed E-state index contributed by atoms with van der Waals surface area (Å²) in [6.45, 7) is 0.451. The highest BCUT2D eigenvalue weighted by Crippen LogP contribution is 2.40. The predicted molar refractivity (Wildman–Crippen MR) is 122 cm³/mol. The molecule has 0 bridgehead atoms. The van der Waals surface area contributed by atoms with Crippen molar-refractivity contribution in [3.05, 3.63) is 70.0 Å². The van der Waals surface area contributed by atoms with Crippen molar-refractivity contribution >= 4 is 33.2 Å². The molecular formula is C23H23BrClF3N2O2. The van der Waals surface area contributed by atoms with E-state index in [2.05, 4.69) is 38.6 Å². The van der Waals surface area contributed by atoms with Gasteiger partial charge in [0.1, 0.15) is 11.5 Å². The van der Waals surface area contributed by atoms with Gasteiger partial charge >= 0.3 is 6.18 Å². The molecule has 0 spiro atoms. The summed E-state index contributed by atoms with van der Waals surface area (Å²) in [5.74, 6) is -1.22. The van der Waals surface area contributed by atoms with Gasteiger partial charge in [-0.3, -0.25) is 0 Å². The van der Waals surface area contributed by atoms with Crippen LogP contribution in [0.4, 0.5) is 13.2 Å². The molecule has 0 aromatic rings. The highest BCUT2D eigenvalue weighted by molar-refractivity contribution is 9.11. The van der Waals surface area contributed by atoms with E-state index in [0.717, 1.165) is 10.9 Å². The van der Waals surface area contributed by atoms with Crippen LogP contribution in [0.3, 0.4) is 0 Å². The summed E-state index contributed by atoms with van der Waals surface area (Å²) in [6, 6.07) is -0.709. The first kappa shape index (κ1) is 23.4.